The van der Waals surface area contributed by atoms with E-state index in [0.29, 0.717) is 0 Å². The lowest BCUT2D eigenvalue weighted by atomic mass is 9.67. The molecule has 0 fully saturated rings. The van der Waals surface area contributed by atoms with Crippen molar-refractivity contribution in [2.24, 2.45) is 5.41 Å². The van der Waals surface area contributed by atoms with Crippen LogP contribution in [0.3, 0.4) is 0 Å². The molecule has 1 heteroatoms. The van der Waals surface area contributed by atoms with Crippen LogP contribution in [0.4, 0.5) is 0 Å². The van der Waals surface area contributed by atoms with Gasteiger partial charge in [-0.05, 0) is 40.0 Å². The summed E-state index contributed by atoms with van der Waals surface area (Å²) in [5.74, 6) is 0. The van der Waals surface area contributed by atoms with Crippen molar-refractivity contribution < 1.29 is 4.74 Å². The summed E-state index contributed by atoms with van der Waals surface area (Å²) < 4.78 is 6.19. The summed E-state index contributed by atoms with van der Waals surface area (Å²) in [4.78, 5) is 0. The number of ether oxygens (including phenoxy) is 1. The Labute approximate surface area is 140 Å². The average Bonchev–Trinajstić information content (AvgIpc) is 2.48. The fourth-order valence-electron chi connectivity index (χ4n) is 3.61. The summed E-state index contributed by atoms with van der Waals surface area (Å²) in [7, 11) is 0. The average molecular weight is 311 g/mol. The van der Waals surface area contributed by atoms with E-state index in [1.807, 2.05) is 0 Å². The van der Waals surface area contributed by atoms with Crippen LogP contribution >= 0.6 is 0 Å². The number of allylic oxidation sites excluding steroid dienone is 1. The zero-order valence-electron chi connectivity index (χ0n) is 16.3. The van der Waals surface area contributed by atoms with Crippen LogP contribution < -0.4 is 0 Å². The zero-order valence-corrected chi connectivity index (χ0v) is 16.3. The van der Waals surface area contributed by atoms with E-state index < -0.39 is 0 Å². The zero-order chi connectivity index (χ0) is 16.9. The van der Waals surface area contributed by atoms with E-state index in [2.05, 4.69) is 53.7 Å². The molecule has 22 heavy (non-hydrogen) atoms. The maximum atomic E-state index is 6.19. The van der Waals surface area contributed by atoms with Gasteiger partial charge >= 0.3 is 0 Å². The van der Waals surface area contributed by atoms with Gasteiger partial charge in [0.1, 0.15) is 0 Å². The molecule has 0 aliphatic heterocycles. The van der Waals surface area contributed by atoms with E-state index in [4.69, 9.17) is 4.74 Å². The first-order chi connectivity index (χ1) is 10.5. The molecule has 0 saturated heterocycles. The Morgan fingerprint density at radius 3 is 1.95 bits per heavy atom. The molecule has 0 aliphatic carbocycles. The van der Waals surface area contributed by atoms with Gasteiger partial charge in [-0.2, -0.15) is 0 Å². The van der Waals surface area contributed by atoms with Crippen molar-refractivity contribution in [3.63, 3.8) is 0 Å². The SMILES string of the molecule is CCC=CC(CCC)(CCCCCCCC)C(C)(C)OCC. The van der Waals surface area contributed by atoms with E-state index in [1.165, 1.54) is 57.8 Å². The molecular formula is C21H42O. The first-order valence-electron chi connectivity index (χ1n) is 9.81. The molecule has 0 bridgehead atoms. The molecular weight excluding hydrogens is 268 g/mol. The van der Waals surface area contributed by atoms with Gasteiger partial charge in [0.15, 0.2) is 0 Å². The molecule has 0 saturated carbocycles. The molecule has 0 aromatic heterocycles. The lowest BCUT2D eigenvalue weighted by Crippen LogP contribution is -2.44. The molecule has 0 rings (SSSR count). The van der Waals surface area contributed by atoms with Crippen LogP contribution in [0.5, 0.6) is 0 Å². The third kappa shape index (κ3) is 7.31. The van der Waals surface area contributed by atoms with E-state index >= 15 is 0 Å². The van der Waals surface area contributed by atoms with Crippen LogP contribution in [0.2, 0.25) is 0 Å². The summed E-state index contributed by atoms with van der Waals surface area (Å²) in [6.45, 7) is 14.3. The Balaban J connectivity index is 4.85. The highest BCUT2D eigenvalue weighted by Crippen LogP contribution is 2.45. The lowest BCUT2D eigenvalue weighted by molar-refractivity contribution is -0.0946. The van der Waals surface area contributed by atoms with Crippen molar-refractivity contribution in [2.45, 2.75) is 111 Å². The predicted molar refractivity (Wildman–Crippen MR) is 100 cm³/mol. The van der Waals surface area contributed by atoms with E-state index in [1.54, 1.807) is 0 Å². The third-order valence-electron chi connectivity index (χ3n) is 5.05. The van der Waals surface area contributed by atoms with Crippen molar-refractivity contribution in [1.29, 1.82) is 0 Å². The quantitative estimate of drug-likeness (QED) is 0.241. The molecule has 0 aromatic carbocycles. The molecule has 0 spiro atoms. The Bertz CT molecular complexity index is 280. The molecule has 1 atom stereocenters. The topological polar surface area (TPSA) is 9.23 Å². The van der Waals surface area contributed by atoms with Gasteiger partial charge in [0.25, 0.3) is 0 Å². The molecule has 1 nitrogen and oxygen atoms in total. The summed E-state index contributed by atoms with van der Waals surface area (Å²) in [5.41, 5.74) is 0.116. The van der Waals surface area contributed by atoms with Crippen LogP contribution in [-0.4, -0.2) is 12.2 Å². The van der Waals surface area contributed by atoms with Crippen LogP contribution in [0.15, 0.2) is 12.2 Å². The minimum absolute atomic E-state index is 0.0765. The largest absolute Gasteiger partial charge is 0.375 e. The smallest absolute Gasteiger partial charge is 0.0716 e. The standard InChI is InChI=1S/C21H42O/c1-7-11-13-14-15-16-19-21(17-9-3,18-12-8-2)20(5,6)22-10-4/h12,18H,7-11,13-17,19H2,1-6H3. The van der Waals surface area contributed by atoms with Crippen molar-refractivity contribution >= 4 is 0 Å². The Kier molecular flexibility index (Phi) is 12.0. The normalized spacial score (nSPS) is 15.4. The molecule has 132 valence electrons. The summed E-state index contributed by atoms with van der Waals surface area (Å²) in [6.07, 6.45) is 17.9. The highest BCUT2D eigenvalue weighted by Gasteiger charge is 2.42. The van der Waals surface area contributed by atoms with Gasteiger partial charge in [0, 0.05) is 12.0 Å². The number of hydrogen-bond donors (Lipinski definition) is 0. The second-order valence-electron chi connectivity index (χ2n) is 7.18. The minimum Gasteiger partial charge on any atom is -0.375 e. The fourth-order valence-corrected chi connectivity index (χ4v) is 3.61. The van der Waals surface area contributed by atoms with Crippen molar-refractivity contribution in [3.05, 3.63) is 12.2 Å². The van der Waals surface area contributed by atoms with Crippen molar-refractivity contribution in [3.8, 4) is 0 Å². The maximum Gasteiger partial charge on any atom is 0.0716 e. The van der Waals surface area contributed by atoms with Crippen molar-refractivity contribution in [2.75, 3.05) is 6.61 Å². The first-order valence-corrected chi connectivity index (χ1v) is 9.81. The molecule has 1 unspecified atom stereocenters. The second-order valence-corrected chi connectivity index (χ2v) is 7.18. The highest BCUT2D eigenvalue weighted by atomic mass is 16.5. The van der Waals surface area contributed by atoms with E-state index in [-0.39, 0.29) is 11.0 Å². The fraction of sp³-hybridized carbons (Fsp3) is 0.905. The van der Waals surface area contributed by atoms with Gasteiger partial charge in [-0.15, -0.1) is 0 Å². The van der Waals surface area contributed by atoms with Gasteiger partial charge in [0.2, 0.25) is 0 Å². The summed E-state index contributed by atoms with van der Waals surface area (Å²) >= 11 is 0. The van der Waals surface area contributed by atoms with Gasteiger partial charge in [-0.3, -0.25) is 0 Å². The van der Waals surface area contributed by atoms with Crippen LogP contribution in [0.25, 0.3) is 0 Å². The molecule has 0 radical (unpaired) electrons. The van der Waals surface area contributed by atoms with Gasteiger partial charge in [-0.1, -0.05) is 77.9 Å². The van der Waals surface area contributed by atoms with Crippen molar-refractivity contribution in [1.82, 2.24) is 0 Å². The molecule has 0 heterocycles. The molecule has 0 aromatic rings. The van der Waals surface area contributed by atoms with Gasteiger partial charge in [0.05, 0.1) is 5.60 Å². The molecule has 0 N–H and O–H groups in total. The van der Waals surface area contributed by atoms with Crippen LogP contribution in [-0.2, 0) is 4.74 Å². The number of rotatable bonds is 14. The minimum atomic E-state index is -0.0765. The molecule has 0 aliphatic rings. The highest BCUT2D eigenvalue weighted by molar-refractivity contribution is 5.08. The first kappa shape index (κ1) is 21.7. The summed E-state index contributed by atoms with van der Waals surface area (Å²) in [5, 5.41) is 0. The summed E-state index contributed by atoms with van der Waals surface area (Å²) in [6, 6.07) is 0. The molecule has 0 amide bonds. The van der Waals surface area contributed by atoms with Gasteiger partial charge < -0.3 is 4.74 Å². The third-order valence-corrected chi connectivity index (χ3v) is 5.05. The maximum absolute atomic E-state index is 6.19. The monoisotopic (exact) mass is 310 g/mol. The van der Waals surface area contributed by atoms with E-state index in [0.717, 1.165) is 13.0 Å². The van der Waals surface area contributed by atoms with Crippen LogP contribution in [0.1, 0.15) is 106 Å². The number of hydrogen-bond acceptors (Lipinski definition) is 1. The Morgan fingerprint density at radius 2 is 1.41 bits per heavy atom. The van der Waals surface area contributed by atoms with Crippen LogP contribution in [0, 0.1) is 5.41 Å². The number of unbranched alkanes of at least 4 members (excludes halogenated alkanes) is 5. The second kappa shape index (κ2) is 12.2. The Morgan fingerprint density at radius 1 is 0.773 bits per heavy atom. The Hall–Kier alpha value is -0.300. The predicted octanol–water partition coefficient (Wildman–Crippen LogP) is 7.30. The van der Waals surface area contributed by atoms with Gasteiger partial charge in [-0.25, -0.2) is 0 Å². The van der Waals surface area contributed by atoms with E-state index in [9.17, 15) is 0 Å². The lowest BCUT2D eigenvalue weighted by Gasteiger charge is -2.45.